The lowest BCUT2D eigenvalue weighted by molar-refractivity contribution is 0.191. The van der Waals surface area contributed by atoms with Crippen molar-refractivity contribution in [2.24, 2.45) is 0 Å². The van der Waals surface area contributed by atoms with Crippen LogP contribution in [0.25, 0.3) is 5.57 Å². The SMILES string of the molecule is C=C/C(=C\C(C)=C(C)C)c1cc(NC[C@H](O)c2ccccc2)ncn1. The van der Waals surface area contributed by atoms with Crippen molar-refractivity contribution >= 4 is 11.4 Å². The molecule has 0 saturated carbocycles. The molecule has 0 aliphatic carbocycles. The zero-order valence-electron chi connectivity index (χ0n) is 15.0. The molecule has 1 aromatic heterocycles. The molecule has 4 heteroatoms. The number of nitrogens with zero attached hydrogens (tertiary/aromatic N) is 2. The van der Waals surface area contributed by atoms with Crippen molar-refractivity contribution in [1.82, 2.24) is 9.97 Å². The molecule has 2 aromatic rings. The highest BCUT2D eigenvalue weighted by atomic mass is 16.3. The van der Waals surface area contributed by atoms with Crippen LogP contribution in [0.4, 0.5) is 5.82 Å². The number of allylic oxidation sites excluding steroid dienone is 5. The Morgan fingerprint density at radius 3 is 2.56 bits per heavy atom. The van der Waals surface area contributed by atoms with Crippen molar-refractivity contribution in [3.8, 4) is 0 Å². The Hall–Kier alpha value is -2.72. The van der Waals surface area contributed by atoms with Gasteiger partial charge < -0.3 is 10.4 Å². The molecule has 0 fully saturated rings. The monoisotopic (exact) mass is 335 g/mol. The summed E-state index contributed by atoms with van der Waals surface area (Å²) in [5.41, 5.74) is 5.03. The Morgan fingerprint density at radius 1 is 1.20 bits per heavy atom. The number of rotatable bonds is 7. The van der Waals surface area contributed by atoms with Gasteiger partial charge in [-0.3, -0.25) is 0 Å². The molecule has 0 amide bonds. The number of hydrogen-bond acceptors (Lipinski definition) is 4. The summed E-state index contributed by atoms with van der Waals surface area (Å²) in [6.07, 6.45) is 4.77. The van der Waals surface area contributed by atoms with Crippen LogP contribution in [0.5, 0.6) is 0 Å². The van der Waals surface area contributed by atoms with Crippen LogP contribution in [0, 0.1) is 0 Å². The molecule has 0 spiro atoms. The van der Waals surface area contributed by atoms with Gasteiger partial charge in [0.1, 0.15) is 12.1 Å². The molecule has 0 aliphatic heterocycles. The van der Waals surface area contributed by atoms with Gasteiger partial charge >= 0.3 is 0 Å². The molecular formula is C21H25N3O. The number of aliphatic hydroxyl groups excluding tert-OH is 1. The van der Waals surface area contributed by atoms with Crippen LogP contribution >= 0.6 is 0 Å². The molecule has 130 valence electrons. The molecule has 1 heterocycles. The van der Waals surface area contributed by atoms with Crippen LogP contribution in [-0.2, 0) is 0 Å². The fraction of sp³-hybridized carbons (Fsp3) is 0.238. The molecule has 0 aliphatic rings. The summed E-state index contributed by atoms with van der Waals surface area (Å²) in [4.78, 5) is 8.56. The lowest BCUT2D eigenvalue weighted by Gasteiger charge is -2.13. The Morgan fingerprint density at radius 2 is 1.92 bits per heavy atom. The van der Waals surface area contributed by atoms with Gasteiger partial charge in [-0.1, -0.05) is 54.1 Å². The topological polar surface area (TPSA) is 58.0 Å². The van der Waals surface area contributed by atoms with E-state index in [0.29, 0.717) is 12.4 Å². The molecule has 25 heavy (non-hydrogen) atoms. The minimum absolute atomic E-state index is 0.376. The van der Waals surface area contributed by atoms with E-state index in [9.17, 15) is 5.11 Å². The third-order valence-electron chi connectivity index (χ3n) is 4.00. The number of nitrogens with one attached hydrogen (secondary N) is 1. The summed E-state index contributed by atoms with van der Waals surface area (Å²) in [5.74, 6) is 0.669. The van der Waals surface area contributed by atoms with Crippen LogP contribution in [0.1, 0.15) is 38.1 Å². The molecule has 2 N–H and O–H groups in total. The van der Waals surface area contributed by atoms with Crippen molar-refractivity contribution in [3.05, 3.63) is 83.9 Å². The first-order valence-corrected chi connectivity index (χ1v) is 8.28. The fourth-order valence-corrected chi connectivity index (χ4v) is 2.22. The van der Waals surface area contributed by atoms with Crippen LogP contribution in [0.2, 0.25) is 0 Å². The molecular weight excluding hydrogens is 310 g/mol. The van der Waals surface area contributed by atoms with E-state index in [1.54, 1.807) is 6.08 Å². The van der Waals surface area contributed by atoms with E-state index in [0.717, 1.165) is 16.8 Å². The average molecular weight is 335 g/mol. The van der Waals surface area contributed by atoms with Gasteiger partial charge in [-0.15, -0.1) is 0 Å². The van der Waals surface area contributed by atoms with Crippen molar-refractivity contribution in [3.63, 3.8) is 0 Å². The van der Waals surface area contributed by atoms with Gasteiger partial charge in [0.15, 0.2) is 0 Å². The van der Waals surface area contributed by atoms with Gasteiger partial charge in [0.2, 0.25) is 0 Å². The van der Waals surface area contributed by atoms with E-state index in [1.165, 1.54) is 17.5 Å². The molecule has 1 atom stereocenters. The van der Waals surface area contributed by atoms with Crippen molar-refractivity contribution < 1.29 is 5.11 Å². The van der Waals surface area contributed by atoms with Crippen LogP contribution in [-0.4, -0.2) is 21.6 Å². The number of aromatic nitrogens is 2. The first-order chi connectivity index (χ1) is 12.0. The maximum Gasteiger partial charge on any atom is 0.130 e. The van der Waals surface area contributed by atoms with Crippen LogP contribution in [0.3, 0.4) is 0 Å². The highest BCUT2D eigenvalue weighted by molar-refractivity contribution is 5.74. The van der Waals surface area contributed by atoms with E-state index in [1.807, 2.05) is 36.4 Å². The summed E-state index contributed by atoms with van der Waals surface area (Å²) in [5, 5.41) is 13.4. The zero-order chi connectivity index (χ0) is 18.2. The normalized spacial score (nSPS) is 12.4. The van der Waals surface area contributed by atoms with Gasteiger partial charge in [-0.05, 0) is 38.0 Å². The van der Waals surface area contributed by atoms with Crippen LogP contribution < -0.4 is 5.32 Å². The Labute approximate surface area is 149 Å². The molecule has 0 bridgehead atoms. The molecule has 1 aromatic carbocycles. The number of hydrogen-bond donors (Lipinski definition) is 2. The summed E-state index contributed by atoms with van der Waals surface area (Å²) in [7, 11) is 0. The molecule has 0 saturated heterocycles. The third kappa shape index (κ3) is 5.40. The summed E-state index contributed by atoms with van der Waals surface area (Å²) in [6.45, 7) is 10.5. The van der Waals surface area contributed by atoms with Crippen molar-refractivity contribution in [2.75, 3.05) is 11.9 Å². The Bertz CT molecular complexity index is 775. The highest BCUT2D eigenvalue weighted by Crippen LogP contribution is 2.19. The first kappa shape index (κ1) is 18.6. The molecule has 2 rings (SSSR count). The minimum atomic E-state index is -0.595. The maximum atomic E-state index is 10.2. The summed E-state index contributed by atoms with van der Waals surface area (Å²) in [6, 6.07) is 11.4. The van der Waals surface area contributed by atoms with E-state index in [4.69, 9.17) is 0 Å². The quantitative estimate of drug-likeness (QED) is 0.729. The largest absolute Gasteiger partial charge is 0.387 e. The summed E-state index contributed by atoms with van der Waals surface area (Å²) >= 11 is 0. The van der Waals surface area contributed by atoms with Crippen LogP contribution in [0.15, 0.2) is 72.6 Å². The van der Waals surface area contributed by atoms with E-state index in [2.05, 4.69) is 48.7 Å². The zero-order valence-corrected chi connectivity index (χ0v) is 15.0. The third-order valence-corrected chi connectivity index (χ3v) is 4.00. The second-order valence-corrected chi connectivity index (χ2v) is 6.08. The van der Waals surface area contributed by atoms with E-state index >= 15 is 0 Å². The minimum Gasteiger partial charge on any atom is -0.387 e. The second-order valence-electron chi connectivity index (χ2n) is 6.08. The Balaban J connectivity index is 2.13. The number of aliphatic hydroxyl groups is 1. The van der Waals surface area contributed by atoms with Gasteiger partial charge in [0, 0.05) is 12.6 Å². The first-order valence-electron chi connectivity index (χ1n) is 8.28. The standard InChI is InChI=1S/C21H25N3O/c1-5-17(11-16(4)15(2)3)19-12-21(24-14-23-19)22-13-20(25)18-9-7-6-8-10-18/h5-12,14,20,25H,1,13H2,2-4H3,(H,22,23,24)/b17-11+/t20-/m0/s1. The smallest absolute Gasteiger partial charge is 0.130 e. The number of anilines is 1. The van der Waals surface area contributed by atoms with Gasteiger partial charge in [-0.25, -0.2) is 9.97 Å². The molecule has 4 nitrogen and oxygen atoms in total. The van der Waals surface area contributed by atoms with Gasteiger partial charge in [-0.2, -0.15) is 0 Å². The fourth-order valence-electron chi connectivity index (χ4n) is 2.22. The maximum absolute atomic E-state index is 10.2. The predicted molar refractivity (Wildman–Crippen MR) is 104 cm³/mol. The average Bonchev–Trinajstić information content (AvgIpc) is 2.64. The Kier molecular flexibility index (Phi) is 6.66. The van der Waals surface area contributed by atoms with E-state index in [-0.39, 0.29) is 0 Å². The molecule has 0 radical (unpaired) electrons. The second kappa shape index (κ2) is 8.94. The molecule has 0 unspecified atom stereocenters. The van der Waals surface area contributed by atoms with Crippen molar-refractivity contribution in [2.45, 2.75) is 26.9 Å². The highest BCUT2D eigenvalue weighted by Gasteiger charge is 2.08. The lowest BCUT2D eigenvalue weighted by atomic mass is 10.1. The number of benzene rings is 1. The lowest BCUT2D eigenvalue weighted by Crippen LogP contribution is -2.13. The predicted octanol–water partition coefficient (Wildman–Crippen LogP) is 4.55. The van der Waals surface area contributed by atoms with Gasteiger partial charge in [0.05, 0.1) is 11.8 Å². The van der Waals surface area contributed by atoms with Crippen molar-refractivity contribution in [1.29, 1.82) is 0 Å². The van der Waals surface area contributed by atoms with E-state index < -0.39 is 6.10 Å². The van der Waals surface area contributed by atoms with Gasteiger partial charge in [0.25, 0.3) is 0 Å². The summed E-state index contributed by atoms with van der Waals surface area (Å²) < 4.78 is 0.